The standard InChI is InChI=1S/C32H34F2N6O2.C2H6/c1-18-22(33)9-8-20-6-3-7-21(24(18)20)27-26(34)28-25-29(40-15-12-35-16-23(40)19(2)42-30(25)36-27)38-31(37-28)41-17-32-10-4-13-39(32)14-5-11-32;1-2/h3,6-9,19,23,35H,4-5,10-17H2,1-2H3;1-2H3. The largest absolute Gasteiger partial charge is 0.472 e. The number of nitrogens with zero attached hydrogens (tertiary/aromatic N) is 5. The Hall–Kier alpha value is -3.63. The van der Waals surface area contributed by atoms with Crippen molar-refractivity contribution in [2.75, 3.05) is 44.2 Å². The van der Waals surface area contributed by atoms with Gasteiger partial charge in [-0.3, -0.25) is 4.90 Å². The Kier molecular flexibility index (Phi) is 7.53. The van der Waals surface area contributed by atoms with Gasteiger partial charge in [0.25, 0.3) is 0 Å². The van der Waals surface area contributed by atoms with Crippen LogP contribution in [0.25, 0.3) is 32.9 Å². The van der Waals surface area contributed by atoms with E-state index in [4.69, 9.17) is 24.4 Å². The smallest absolute Gasteiger partial charge is 0.319 e. The lowest BCUT2D eigenvalue weighted by Gasteiger charge is -2.38. The van der Waals surface area contributed by atoms with E-state index < -0.39 is 5.82 Å². The third kappa shape index (κ3) is 4.56. The molecule has 0 amide bonds. The number of piperazine rings is 1. The number of anilines is 1. The fourth-order valence-electron chi connectivity index (χ4n) is 7.69. The van der Waals surface area contributed by atoms with Gasteiger partial charge in [0.05, 0.1) is 11.6 Å². The number of fused-ring (bicyclic) bond motifs is 4. The molecule has 0 spiro atoms. The molecule has 8 nitrogen and oxygen atoms in total. The lowest BCUT2D eigenvalue weighted by Crippen LogP contribution is -2.56. The second-order valence-corrected chi connectivity index (χ2v) is 12.2. The highest BCUT2D eigenvalue weighted by atomic mass is 19.1. The van der Waals surface area contributed by atoms with Crippen molar-refractivity contribution in [3.63, 3.8) is 0 Å². The number of aryl methyl sites for hydroxylation is 1. The Morgan fingerprint density at radius 2 is 1.82 bits per heavy atom. The van der Waals surface area contributed by atoms with Crippen molar-refractivity contribution < 1.29 is 18.3 Å². The summed E-state index contributed by atoms with van der Waals surface area (Å²) >= 11 is 0. The minimum absolute atomic E-state index is 0.000689. The number of ether oxygens (including phenoxy) is 2. The summed E-state index contributed by atoms with van der Waals surface area (Å²) in [6.07, 6.45) is 4.23. The van der Waals surface area contributed by atoms with Crippen molar-refractivity contribution in [3.05, 3.63) is 47.5 Å². The van der Waals surface area contributed by atoms with E-state index in [1.807, 2.05) is 32.9 Å². The first kappa shape index (κ1) is 29.1. The van der Waals surface area contributed by atoms with E-state index in [2.05, 4.69) is 15.1 Å². The fourth-order valence-corrected chi connectivity index (χ4v) is 7.69. The van der Waals surface area contributed by atoms with Gasteiger partial charge in [0.15, 0.2) is 5.82 Å². The summed E-state index contributed by atoms with van der Waals surface area (Å²) in [4.78, 5) is 19.1. The topological polar surface area (TPSA) is 75.6 Å². The molecule has 10 heteroatoms. The SMILES string of the molecule is CC.Cc1c(F)ccc2cccc(-c3nc4c5c(nc(OCC67CCCN6CCC7)nc5c3F)N3CCNCC3C(C)O4)c12. The predicted molar refractivity (Wildman–Crippen MR) is 169 cm³/mol. The minimum Gasteiger partial charge on any atom is -0.472 e. The summed E-state index contributed by atoms with van der Waals surface area (Å²) in [6.45, 7) is 12.5. The quantitative estimate of drug-likeness (QED) is 0.304. The van der Waals surface area contributed by atoms with Gasteiger partial charge in [0, 0.05) is 25.2 Å². The summed E-state index contributed by atoms with van der Waals surface area (Å²) in [6, 6.07) is 8.79. The van der Waals surface area contributed by atoms with Gasteiger partial charge >= 0.3 is 6.01 Å². The monoisotopic (exact) mass is 602 g/mol. The molecule has 3 fully saturated rings. The highest BCUT2D eigenvalue weighted by Gasteiger charge is 2.45. The van der Waals surface area contributed by atoms with Gasteiger partial charge in [-0.1, -0.05) is 38.1 Å². The Labute approximate surface area is 256 Å². The first-order chi connectivity index (χ1) is 21.4. The van der Waals surface area contributed by atoms with Gasteiger partial charge < -0.3 is 19.7 Å². The van der Waals surface area contributed by atoms with Crippen LogP contribution in [0.15, 0.2) is 30.3 Å². The Morgan fingerprint density at radius 3 is 2.61 bits per heavy atom. The van der Waals surface area contributed by atoms with Crippen molar-refractivity contribution in [3.8, 4) is 23.1 Å². The zero-order chi connectivity index (χ0) is 30.6. The molecule has 2 aromatic carbocycles. The first-order valence-electron chi connectivity index (χ1n) is 16.0. The summed E-state index contributed by atoms with van der Waals surface area (Å²) in [5, 5.41) is 5.32. The zero-order valence-corrected chi connectivity index (χ0v) is 25.9. The molecule has 3 saturated heterocycles. The number of hydrogen-bond donors (Lipinski definition) is 1. The number of nitrogens with one attached hydrogen (secondary N) is 1. The molecular weight excluding hydrogens is 562 g/mol. The van der Waals surface area contributed by atoms with E-state index in [0.717, 1.165) is 50.7 Å². The van der Waals surface area contributed by atoms with Crippen LogP contribution < -0.4 is 19.7 Å². The second kappa shape index (κ2) is 11.4. The van der Waals surface area contributed by atoms with Crippen LogP contribution in [0.4, 0.5) is 14.6 Å². The molecule has 8 rings (SSSR count). The van der Waals surface area contributed by atoms with Gasteiger partial charge in [0.2, 0.25) is 5.88 Å². The van der Waals surface area contributed by atoms with Crippen LogP contribution in [-0.4, -0.2) is 76.9 Å². The molecule has 6 heterocycles. The van der Waals surface area contributed by atoms with Gasteiger partial charge in [0.1, 0.15) is 40.9 Å². The maximum Gasteiger partial charge on any atom is 0.319 e. The molecule has 4 aliphatic rings. The summed E-state index contributed by atoms with van der Waals surface area (Å²) in [7, 11) is 0. The number of hydrogen-bond acceptors (Lipinski definition) is 8. The Bertz CT molecular complexity index is 1720. The molecule has 0 radical (unpaired) electrons. The summed E-state index contributed by atoms with van der Waals surface area (Å²) in [5.41, 5.74) is 1.12. The van der Waals surface area contributed by atoms with Gasteiger partial charge in [-0.2, -0.15) is 9.97 Å². The van der Waals surface area contributed by atoms with Crippen LogP contribution in [0.5, 0.6) is 11.9 Å². The van der Waals surface area contributed by atoms with Crippen molar-refractivity contribution in [1.29, 1.82) is 0 Å². The van der Waals surface area contributed by atoms with E-state index in [9.17, 15) is 4.39 Å². The average Bonchev–Trinajstić information content (AvgIpc) is 3.61. The number of rotatable bonds is 4. The third-order valence-electron chi connectivity index (χ3n) is 9.88. The summed E-state index contributed by atoms with van der Waals surface area (Å²) in [5.74, 6) is -0.0701. The minimum atomic E-state index is -0.593. The van der Waals surface area contributed by atoms with Gasteiger partial charge in [-0.05, 0) is 75.0 Å². The lowest BCUT2D eigenvalue weighted by atomic mass is 9.95. The van der Waals surface area contributed by atoms with E-state index in [0.29, 0.717) is 47.4 Å². The lowest BCUT2D eigenvalue weighted by molar-refractivity contribution is 0.108. The van der Waals surface area contributed by atoms with Crippen LogP contribution in [0.2, 0.25) is 0 Å². The first-order valence-corrected chi connectivity index (χ1v) is 16.0. The fraction of sp³-hybridized carbons (Fsp3) is 0.500. The predicted octanol–water partition coefficient (Wildman–Crippen LogP) is 6.02. The van der Waals surface area contributed by atoms with Gasteiger partial charge in [-0.25, -0.2) is 13.8 Å². The molecule has 1 N–H and O–H groups in total. The van der Waals surface area contributed by atoms with Gasteiger partial charge in [-0.15, -0.1) is 0 Å². The molecule has 2 unspecified atom stereocenters. The third-order valence-corrected chi connectivity index (χ3v) is 9.88. The highest BCUT2D eigenvalue weighted by molar-refractivity contribution is 6.02. The zero-order valence-electron chi connectivity index (χ0n) is 25.9. The van der Waals surface area contributed by atoms with Crippen LogP contribution in [-0.2, 0) is 0 Å². The Balaban J connectivity index is 0.00000153. The second-order valence-electron chi connectivity index (χ2n) is 12.2. The number of benzene rings is 2. The molecule has 0 bridgehead atoms. The Morgan fingerprint density at radius 1 is 1.02 bits per heavy atom. The van der Waals surface area contributed by atoms with E-state index in [1.165, 1.54) is 6.07 Å². The molecule has 4 aliphatic heterocycles. The molecule has 44 heavy (non-hydrogen) atoms. The van der Waals surface area contributed by atoms with E-state index in [-0.39, 0.29) is 46.6 Å². The van der Waals surface area contributed by atoms with Crippen LogP contribution >= 0.6 is 0 Å². The maximum absolute atomic E-state index is 16.8. The number of halogens is 2. The maximum atomic E-state index is 16.8. The number of aromatic nitrogens is 3. The summed E-state index contributed by atoms with van der Waals surface area (Å²) < 4.78 is 44.4. The average molecular weight is 603 g/mol. The molecular formula is C34H40F2N6O2. The van der Waals surface area contributed by atoms with Crippen molar-refractivity contribution >= 4 is 27.5 Å². The van der Waals surface area contributed by atoms with Crippen molar-refractivity contribution in [2.24, 2.45) is 0 Å². The molecule has 0 aliphatic carbocycles. The molecule has 232 valence electrons. The van der Waals surface area contributed by atoms with Crippen LogP contribution in [0.1, 0.15) is 52.0 Å². The van der Waals surface area contributed by atoms with E-state index >= 15 is 4.39 Å². The normalized spacial score (nSPS) is 22.2. The molecule has 4 aromatic rings. The van der Waals surface area contributed by atoms with Crippen molar-refractivity contribution in [1.82, 2.24) is 25.2 Å². The molecule has 2 atom stereocenters. The van der Waals surface area contributed by atoms with Crippen LogP contribution in [0.3, 0.4) is 0 Å². The molecule has 2 aromatic heterocycles. The van der Waals surface area contributed by atoms with Crippen molar-refractivity contribution in [2.45, 2.75) is 71.1 Å². The molecule has 0 saturated carbocycles. The number of pyridine rings is 1. The van der Waals surface area contributed by atoms with E-state index in [1.54, 1.807) is 19.1 Å². The highest BCUT2D eigenvalue weighted by Crippen LogP contribution is 2.44. The van der Waals surface area contributed by atoms with Crippen LogP contribution in [0, 0.1) is 18.6 Å².